The van der Waals surface area contributed by atoms with Gasteiger partial charge in [-0.15, -0.1) is 0 Å². The first-order valence-electron chi connectivity index (χ1n) is 19.3. The summed E-state index contributed by atoms with van der Waals surface area (Å²) in [7, 11) is 0. The van der Waals surface area contributed by atoms with Gasteiger partial charge in [0.1, 0.15) is 22.3 Å². The molecule has 0 bridgehead atoms. The Morgan fingerprint density at radius 2 is 0.702 bits per heavy atom. The van der Waals surface area contributed by atoms with E-state index in [0.717, 1.165) is 94.3 Å². The largest absolute Gasteiger partial charge is 0.455 e. The lowest BCUT2D eigenvalue weighted by molar-refractivity contribution is 0.669. The molecule has 57 heavy (non-hydrogen) atoms. The van der Waals surface area contributed by atoms with Crippen LogP contribution in [0.3, 0.4) is 0 Å². The maximum Gasteiger partial charge on any atom is 0.143 e. The zero-order chi connectivity index (χ0) is 37.7. The number of anilines is 3. The second-order valence-corrected chi connectivity index (χ2v) is 14.5. The molecule has 3 nitrogen and oxygen atoms in total. The molecule has 2 aromatic heterocycles. The third kappa shape index (κ3) is 5.68. The molecule has 268 valence electrons. The van der Waals surface area contributed by atoms with Crippen LogP contribution in [0.4, 0.5) is 17.1 Å². The first-order valence-corrected chi connectivity index (χ1v) is 19.3. The highest BCUT2D eigenvalue weighted by Crippen LogP contribution is 2.45. The molecule has 0 radical (unpaired) electrons. The first-order chi connectivity index (χ1) is 28.3. The van der Waals surface area contributed by atoms with E-state index in [-0.39, 0.29) is 0 Å². The Bertz CT molecular complexity index is 3060. The standard InChI is InChI=1S/C54H35NO2/c1-3-13-36(14-4-1)40-29-34-50(49(35-40)37-15-5-2-6-16-37)55(41-30-25-38(26-31-41)43-19-11-21-47-45-17-7-9-23-51(45)56-53(43)47)42-32-27-39(28-33-42)44-20-12-22-48-46-18-8-10-24-52(46)57-54(44)48/h1-35H. The number of rotatable bonds is 7. The van der Waals surface area contributed by atoms with Crippen molar-refractivity contribution < 1.29 is 8.83 Å². The lowest BCUT2D eigenvalue weighted by Crippen LogP contribution is -2.11. The maximum atomic E-state index is 6.44. The van der Waals surface area contributed by atoms with Crippen molar-refractivity contribution in [1.29, 1.82) is 0 Å². The Kier molecular flexibility index (Phi) is 7.82. The second-order valence-electron chi connectivity index (χ2n) is 14.5. The van der Waals surface area contributed by atoms with Gasteiger partial charge in [0.05, 0.1) is 5.69 Å². The predicted octanol–water partition coefficient (Wildman–Crippen LogP) is 15.6. The minimum absolute atomic E-state index is 0.898. The number of para-hydroxylation sites is 4. The van der Waals surface area contributed by atoms with Crippen LogP contribution in [0.15, 0.2) is 221 Å². The number of hydrogen-bond donors (Lipinski definition) is 0. The molecule has 0 aliphatic rings. The number of furan rings is 2. The summed E-state index contributed by atoms with van der Waals surface area (Å²) in [5, 5.41) is 4.51. The van der Waals surface area contributed by atoms with Crippen LogP contribution >= 0.6 is 0 Å². The molecule has 11 aromatic rings. The Labute approximate surface area is 330 Å². The van der Waals surface area contributed by atoms with E-state index in [1.165, 1.54) is 11.1 Å². The summed E-state index contributed by atoms with van der Waals surface area (Å²) in [4.78, 5) is 2.37. The van der Waals surface area contributed by atoms with Crippen molar-refractivity contribution in [3.8, 4) is 44.5 Å². The SMILES string of the molecule is c1ccc(-c2ccc(N(c3ccc(-c4cccc5c4oc4ccccc45)cc3)c3ccc(-c4cccc5c4oc4ccccc45)cc3)c(-c3ccccc3)c2)cc1. The Balaban J connectivity index is 1.07. The smallest absolute Gasteiger partial charge is 0.143 e. The van der Waals surface area contributed by atoms with Crippen LogP contribution in [0, 0.1) is 0 Å². The number of benzene rings is 9. The van der Waals surface area contributed by atoms with Crippen molar-refractivity contribution in [2.24, 2.45) is 0 Å². The molecule has 11 rings (SSSR count). The van der Waals surface area contributed by atoms with E-state index in [1.54, 1.807) is 0 Å². The van der Waals surface area contributed by atoms with Gasteiger partial charge in [-0.1, -0.05) is 164 Å². The maximum absolute atomic E-state index is 6.44. The van der Waals surface area contributed by atoms with Crippen LogP contribution < -0.4 is 4.90 Å². The van der Waals surface area contributed by atoms with Gasteiger partial charge in [0.15, 0.2) is 0 Å². The number of nitrogens with zero attached hydrogens (tertiary/aromatic N) is 1. The van der Waals surface area contributed by atoms with Gasteiger partial charge in [-0.25, -0.2) is 0 Å². The fourth-order valence-electron chi connectivity index (χ4n) is 8.35. The molecule has 0 amide bonds. The molecule has 0 N–H and O–H groups in total. The molecular formula is C54H35NO2. The van der Waals surface area contributed by atoms with E-state index in [4.69, 9.17) is 8.83 Å². The summed E-state index contributed by atoms with van der Waals surface area (Å²) in [5.41, 5.74) is 15.8. The molecule has 9 aromatic carbocycles. The molecule has 0 saturated heterocycles. The first kappa shape index (κ1) is 32.8. The highest BCUT2D eigenvalue weighted by molar-refractivity contribution is 6.10. The zero-order valence-corrected chi connectivity index (χ0v) is 31.0. The lowest BCUT2D eigenvalue weighted by atomic mass is 9.95. The third-order valence-electron chi connectivity index (χ3n) is 11.1. The summed E-state index contributed by atoms with van der Waals surface area (Å²) >= 11 is 0. The average Bonchev–Trinajstić information content (AvgIpc) is 3.87. The zero-order valence-electron chi connectivity index (χ0n) is 31.0. The van der Waals surface area contributed by atoms with Crippen molar-refractivity contribution in [2.75, 3.05) is 4.90 Å². The van der Waals surface area contributed by atoms with Gasteiger partial charge in [-0.05, 0) is 76.3 Å². The highest BCUT2D eigenvalue weighted by atomic mass is 16.3. The Hall–Kier alpha value is -7.62. The van der Waals surface area contributed by atoms with Gasteiger partial charge in [-0.2, -0.15) is 0 Å². The van der Waals surface area contributed by atoms with Crippen molar-refractivity contribution in [2.45, 2.75) is 0 Å². The molecule has 0 fully saturated rings. The fourth-order valence-corrected chi connectivity index (χ4v) is 8.35. The molecule has 0 spiro atoms. The van der Waals surface area contributed by atoms with Crippen molar-refractivity contribution in [3.63, 3.8) is 0 Å². The molecule has 0 aliphatic carbocycles. The Morgan fingerprint density at radius 1 is 0.281 bits per heavy atom. The van der Waals surface area contributed by atoms with Crippen LogP contribution in [0.1, 0.15) is 0 Å². The van der Waals surface area contributed by atoms with E-state index < -0.39 is 0 Å². The normalized spacial score (nSPS) is 11.5. The van der Waals surface area contributed by atoms with E-state index in [2.05, 4.69) is 193 Å². The summed E-state index contributed by atoms with van der Waals surface area (Å²) in [5.74, 6) is 0. The number of hydrogen-bond acceptors (Lipinski definition) is 3. The van der Waals surface area contributed by atoms with E-state index in [9.17, 15) is 0 Å². The number of fused-ring (bicyclic) bond motifs is 6. The fraction of sp³-hybridized carbons (Fsp3) is 0. The minimum atomic E-state index is 0.898. The quantitative estimate of drug-likeness (QED) is 0.164. The van der Waals surface area contributed by atoms with Crippen LogP contribution in [0.2, 0.25) is 0 Å². The predicted molar refractivity (Wildman–Crippen MR) is 237 cm³/mol. The molecule has 3 heteroatoms. The van der Waals surface area contributed by atoms with E-state index in [0.29, 0.717) is 0 Å². The monoisotopic (exact) mass is 729 g/mol. The lowest BCUT2D eigenvalue weighted by Gasteiger charge is -2.29. The van der Waals surface area contributed by atoms with Gasteiger partial charge in [-0.3, -0.25) is 0 Å². The van der Waals surface area contributed by atoms with Crippen molar-refractivity contribution >= 4 is 60.9 Å². The average molecular weight is 730 g/mol. The molecule has 2 heterocycles. The van der Waals surface area contributed by atoms with Crippen LogP contribution in [0.25, 0.3) is 88.4 Å². The highest BCUT2D eigenvalue weighted by Gasteiger charge is 2.20. The topological polar surface area (TPSA) is 29.5 Å². The van der Waals surface area contributed by atoms with Gasteiger partial charge in [0, 0.05) is 49.6 Å². The Morgan fingerprint density at radius 3 is 1.23 bits per heavy atom. The summed E-state index contributed by atoms with van der Waals surface area (Å²) in [6.45, 7) is 0. The van der Waals surface area contributed by atoms with Gasteiger partial charge >= 0.3 is 0 Å². The summed E-state index contributed by atoms with van der Waals surface area (Å²) in [6.07, 6.45) is 0. The second kappa shape index (κ2) is 13.6. The van der Waals surface area contributed by atoms with E-state index >= 15 is 0 Å². The summed E-state index contributed by atoms with van der Waals surface area (Å²) in [6, 6.07) is 75.1. The van der Waals surface area contributed by atoms with Crippen LogP contribution in [-0.4, -0.2) is 0 Å². The van der Waals surface area contributed by atoms with Crippen LogP contribution in [0.5, 0.6) is 0 Å². The molecule has 0 saturated carbocycles. The summed E-state index contributed by atoms with van der Waals surface area (Å²) < 4.78 is 12.9. The van der Waals surface area contributed by atoms with E-state index in [1.807, 2.05) is 24.3 Å². The van der Waals surface area contributed by atoms with Crippen molar-refractivity contribution in [3.05, 3.63) is 212 Å². The molecular weight excluding hydrogens is 695 g/mol. The minimum Gasteiger partial charge on any atom is -0.455 e. The molecule has 0 aliphatic heterocycles. The van der Waals surface area contributed by atoms with Gasteiger partial charge in [0.2, 0.25) is 0 Å². The molecule has 0 unspecified atom stereocenters. The third-order valence-corrected chi connectivity index (χ3v) is 11.1. The van der Waals surface area contributed by atoms with Gasteiger partial charge in [0.25, 0.3) is 0 Å². The van der Waals surface area contributed by atoms with Gasteiger partial charge < -0.3 is 13.7 Å². The van der Waals surface area contributed by atoms with Crippen molar-refractivity contribution in [1.82, 2.24) is 0 Å². The van der Waals surface area contributed by atoms with Crippen LogP contribution in [-0.2, 0) is 0 Å². The molecule has 0 atom stereocenters.